The lowest BCUT2D eigenvalue weighted by Gasteiger charge is -2.30. The first-order valence-corrected chi connectivity index (χ1v) is 7.19. The number of aromatic nitrogens is 1. The van der Waals surface area contributed by atoms with Gasteiger partial charge < -0.3 is 14.6 Å². The normalized spacial score (nSPS) is 22.0. The molecule has 1 aliphatic heterocycles. The number of benzene rings is 1. The Morgan fingerprint density at radius 1 is 1.16 bits per heavy atom. The zero-order valence-corrected chi connectivity index (χ0v) is 12.7. The molecule has 0 aliphatic carbocycles. The molecule has 0 bridgehead atoms. The van der Waals surface area contributed by atoms with Gasteiger partial charge in [0.25, 0.3) is 0 Å². The third kappa shape index (κ3) is 3.17. The minimum Gasteiger partial charge on any atom is -0.348 e. The molecule has 1 N–H and O–H groups in total. The quantitative estimate of drug-likeness (QED) is 0.784. The molecule has 1 aliphatic rings. The van der Waals surface area contributed by atoms with Crippen LogP contribution in [0.2, 0.25) is 0 Å². The van der Waals surface area contributed by atoms with Crippen molar-refractivity contribution in [3.05, 3.63) is 40.2 Å². The Morgan fingerprint density at radius 3 is 2.44 bits per heavy atom. The van der Waals surface area contributed by atoms with Gasteiger partial charge in [-0.15, -0.1) is 0 Å². The molecule has 25 heavy (non-hydrogen) atoms. The van der Waals surface area contributed by atoms with Crippen molar-refractivity contribution < 1.29 is 31.1 Å². The van der Waals surface area contributed by atoms with E-state index >= 15 is 0 Å². The van der Waals surface area contributed by atoms with Gasteiger partial charge in [0.05, 0.1) is 18.2 Å². The van der Waals surface area contributed by atoms with Crippen LogP contribution in [0.4, 0.5) is 32.0 Å². The van der Waals surface area contributed by atoms with Crippen molar-refractivity contribution in [2.45, 2.75) is 31.5 Å². The number of hydrogen-bond donors (Lipinski definition) is 1. The predicted molar refractivity (Wildman–Crippen MR) is 77.3 cm³/mol. The highest BCUT2D eigenvalue weighted by atomic mass is 19.4. The molecule has 1 aromatic carbocycles. The zero-order valence-electron chi connectivity index (χ0n) is 12.7. The topological polar surface area (TPSA) is 45.3 Å². The van der Waals surface area contributed by atoms with Crippen molar-refractivity contribution in [2.24, 2.45) is 0 Å². The number of fused-ring (bicyclic) bond motifs is 1. The van der Waals surface area contributed by atoms with Gasteiger partial charge in [0.1, 0.15) is 0 Å². The van der Waals surface area contributed by atoms with Crippen LogP contribution in [0.5, 0.6) is 0 Å². The van der Waals surface area contributed by atoms with Crippen LogP contribution in [-0.4, -0.2) is 30.0 Å². The monoisotopic (exact) mass is 366 g/mol. The Bertz CT molecular complexity index is 858. The van der Waals surface area contributed by atoms with Crippen molar-refractivity contribution in [1.82, 2.24) is 4.98 Å². The molecule has 0 radical (unpaired) electrons. The highest BCUT2D eigenvalue weighted by molar-refractivity contribution is 5.86. The summed E-state index contributed by atoms with van der Waals surface area (Å²) in [7, 11) is 0. The molecular formula is C15H12F6N2O2. The molecule has 136 valence electrons. The molecule has 1 aromatic heterocycles. The molecule has 4 nitrogen and oxygen atoms in total. The van der Waals surface area contributed by atoms with Crippen LogP contribution in [0.25, 0.3) is 10.9 Å². The lowest BCUT2D eigenvalue weighted by Crippen LogP contribution is -2.44. The standard InChI is InChI=1S/C15H12F6N2O2/c1-7-6-25-13(15(19,20)21)23(7)8-2-3-11-9(4-8)10(14(16,17)18)5-12(24)22-11/h2-5,7,13H,6H2,1H3,(H,22,24). The first kappa shape index (κ1) is 17.6. The Hall–Kier alpha value is -2.23. The number of halogens is 6. The third-order valence-electron chi connectivity index (χ3n) is 3.93. The van der Waals surface area contributed by atoms with Gasteiger partial charge in [0, 0.05) is 22.7 Å². The summed E-state index contributed by atoms with van der Waals surface area (Å²) in [6.45, 7) is 1.27. The van der Waals surface area contributed by atoms with Crippen LogP contribution < -0.4 is 10.5 Å². The van der Waals surface area contributed by atoms with Gasteiger partial charge in [-0.05, 0) is 25.1 Å². The summed E-state index contributed by atoms with van der Waals surface area (Å²) in [6, 6.07) is 3.07. The number of H-pyrrole nitrogens is 1. The van der Waals surface area contributed by atoms with E-state index < -0.39 is 35.7 Å². The maximum absolute atomic E-state index is 13.2. The average molecular weight is 366 g/mol. The van der Waals surface area contributed by atoms with Gasteiger partial charge >= 0.3 is 12.4 Å². The average Bonchev–Trinajstić information content (AvgIpc) is 2.87. The summed E-state index contributed by atoms with van der Waals surface area (Å²) in [4.78, 5) is 14.5. The van der Waals surface area contributed by atoms with E-state index in [9.17, 15) is 31.1 Å². The largest absolute Gasteiger partial charge is 0.433 e. The van der Waals surface area contributed by atoms with Crippen molar-refractivity contribution in [1.29, 1.82) is 0 Å². The van der Waals surface area contributed by atoms with E-state index in [1.54, 1.807) is 0 Å². The molecule has 1 saturated heterocycles. The summed E-state index contributed by atoms with van der Waals surface area (Å²) in [6.07, 6.45) is -11.8. The second kappa shape index (κ2) is 5.65. The second-order valence-electron chi connectivity index (χ2n) is 5.76. The van der Waals surface area contributed by atoms with Crippen LogP contribution in [-0.2, 0) is 10.9 Å². The van der Waals surface area contributed by atoms with Crippen LogP contribution in [0.3, 0.4) is 0 Å². The number of aromatic amines is 1. The van der Waals surface area contributed by atoms with Gasteiger partial charge in [-0.25, -0.2) is 0 Å². The fourth-order valence-corrected chi connectivity index (χ4v) is 2.90. The summed E-state index contributed by atoms with van der Waals surface area (Å²) < 4.78 is 83.6. The molecule has 1 fully saturated rings. The molecule has 0 spiro atoms. The number of ether oxygens (including phenoxy) is 1. The van der Waals surface area contributed by atoms with Crippen molar-refractivity contribution >= 4 is 16.6 Å². The number of alkyl halides is 6. The molecule has 3 rings (SSSR count). The predicted octanol–water partition coefficient (Wildman–Crippen LogP) is 3.66. The number of anilines is 1. The summed E-state index contributed by atoms with van der Waals surface area (Å²) in [5, 5.41) is -0.385. The van der Waals surface area contributed by atoms with E-state index in [2.05, 4.69) is 4.98 Å². The van der Waals surface area contributed by atoms with Crippen molar-refractivity contribution in [2.75, 3.05) is 11.5 Å². The second-order valence-corrected chi connectivity index (χ2v) is 5.76. The molecule has 10 heteroatoms. The maximum atomic E-state index is 13.2. The smallest absolute Gasteiger partial charge is 0.348 e. The number of hydrogen-bond acceptors (Lipinski definition) is 3. The first-order chi connectivity index (χ1) is 11.5. The van der Waals surface area contributed by atoms with E-state index in [1.807, 2.05) is 0 Å². The number of pyridine rings is 1. The first-order valence-electron chi connectivity index (χ1n) is 7.19. The van der Waals surface area contributed by atoms with Gasteiger partial charge in [-0.3, -0.25) is 4.79 Å². The number of nitrogens with zero attached hydrogens (tertiary/aromatic N) is 1. The fourth-order valence-electron chi connectivity index (χ4n) is 2.90. The summed E-state index contributed by atoms with van der Waals surface area (Å²) in [5.41, 5.74) is -2.33. The molecule has 0 amide bonds. The molecule has 2 atom stereocenters. The molecule has 2 heterocycles. The highest BCUT2D eigenvalue weighted by Crippen LogP contribution is 2.39. The minimum atomic E-state index is -4.82. The molecule has 2 unspecified atom stereocenters. The van der Waals surface area contributed by atoms with E-state index in [0.29, 0.717) is 6.07 Å². The van der Waals surface area contributed by atoms with Crippen LogP contribution >= 0.6 is 0 Å². The van der Waals surface area contributed by atoms with Crippen molar-refractivity contribution in [3.8, 4) is 0 Å². The Labute approximate surface area is 137 Å². The van der Waals surface area contributed by atoms with Gasteiger partial charge in [-0.2, -0.15) is 26.3 Å². The SMILES string of the molecule is CC1COC(C(F)(F)F)N1c1ccc2[nH]c(=O)cc(C(F)(F)F)c2c1. The Kier molecular flexibility index (Phi) is 3.98. The Balaban J connectivity index is 2.18. The van der Waals surface area contributed by atoms with Crippen LogP contribution in [0, 0.1) is 0 Å². The third-order valence-corrected chi connectivity index (χ3v) is 3.93. The number of rotatable bonds is 1. The van der Waals surface area contributed by atoms with Crippen molar-refractivity contribution in [3.63, 3.8) is 0 Å². The summed E-state index contributed by atoms with van der Waals surface area (Å²) in [5.74, 6) is 0. The number of nitrogens with one attached hydrogen (secondary N) is 1. The molecule has 0 saturated carbocycles. The van der Waals surface area contributed by atoms with Crippen LogP contribution in [0.15, 0.2) is 29.1 Å². The Morgan fingerprint density at radius 2 is 1.84 bits per heavy atom. The maximum Gasteiger partial charge on any atom is 0.433 e. The van der Waals surface area contributed by atoms with Crippen LogP contribution in [0.1, 0.15) is 12.5 Å². The van der Waals surface area contributed by atoms with Gasteiger partial charge in [-0.1, -0.05) is 0 Å². The van der Waals surface area contributed by atoms with E-state index in [0.717, 1.165) is 17.0 Å². The lowest BCUT2D eigenvalue weighted by molar-refractivity contribution is -0.205. The molecular weight excluding hydrogens is 354 g/mol. The van der Waals surface area contributed by atoms with Gasteiger partial charge in [0.15, 0.2) is 0 Å². The lowest BCUT2D eigenvalue weighted by atomic mass is 10.1. The molecule has 2 aromatic rings. The highest BCUT2D eigenvalue weighted by Gasteiger charge is 2.50. The summed E-state index contributed by atoms with van der Waals surface area (Å²) >= 11 is 0. The van der Waals surface area contributed by atoms with E-state index in [1.165, 1.54) is 13.0 Å². The van der Waals surface area contributed by atoms with Gasteiger partial charge in [0.2, 0.25) is 11.8 Å². The van der Waals surface area contributed by atoms with E-state index in [4.69, 9.17) is 4.74 Å². The minimum absolute atomic E-state index is 0.0719. The van der Waals surface area contributed by atoms with E-state index in [-0.39, 0.29) is 23.2 Å². The fraction of sp³-hybridized carbons (Fsp3) is 0.400. The zero-order chi connectivity index (χ0) is 18.6.